The van der Waals surface area contributed by atoms with Crippen LogP contribution >= 0.6 is 0 Å². The van der Waals surface area contributed by atoms with Crippen LogP contribution in [-0.2, 0) is 0 Å². The summed E-state index contributed by atoms with van der Waals surface area (Å²) in [5.41, 5.74) is 0.442. The predicted octanol–water partition coefficient (Wildman–Crippen LogP) is 7.61. The molecule has 4 fully saturated rings. The van der Waals surface area contributed by atoms with Gasteiger partial charge in [0.15, 0.2) is 0 Å². The Morgan fingerprint density at radius 3 is 2.32 bits per heavy atom. The Morgan fingerprint density at radius 2 is 1.57 bits per heavy atom. The summed E-state index contributed by atoms with van der Waals surface area (Å²) in [5.74, 6) is 5.33. The van der Waals surface area contributed by atoms with Gasteiger partial charge >= 0.3 is 0 Å². The average Bonchev–Trinajstić information content (AvgIpc) is 2.99. The summed E-state index contributed by atoms with van der Waals surface area (Å²) >= 11 is 0. The fourth-order valence-electron chi connectivity index (χ4n) is 9.28. The van der Waals surface area contributed by atoms with E-state index in [1.165, 1.54) is 70.6 Å². The van der Waals surface area contributed by atoms with E-state index in [9.17, 15) is 5.11 Å². The number of fused-ring (bicyclic) bond motifs is 5. The molecule has 0 aliphatic heterocycles. The highest BCUT2D eigenvalue weighted by Crippen LogP contribution is 2.69. The van der Waals surface area contributed by atoms with Crippen molar-refractivity contribution in [2.75, 3.05) is 0 Å². The van der Waals surface area contributed by atoms with Crippen LogP contribution in [0.4, 0.5) is 0 Å². The van der Waals surface area contributed by atoms with Gasteiger partial charge in [-0.25, -0.2) is 0 Å². The van der Waals surface area contributed by atoms with E-state index < -0.39 is 0 Å². The zero-order valence-electron chi connectivity index (χ0n) is 19.6. The van der Waals surface area contributed by atoms with E-state index in [1.807, 2.05) is 0 Å². The first-order valence-electron chi connectivity index (χ1n) is 12.9. The molecule has 0 unspecified atom stereocenters. The van der Waals surface area contributed by atoms with Crippen molar-refractivity contribution in [3.05, 3.63) is 0 Å². The molecule has 0 heterocycles. The second kappa shape index (κ2) is 7.58. The SMILES string of the molecule is CC(C)CCC[C@@H](C)[C@@H]1CC[C@@H]2[C@@H]3CC[C@@]4(O)CCCC[C@]4(C)[C@@H]3CC[C@@]21C. The van der Waals surface area contributed by atoms with Crippen LogP contribution in [0, 0.1) is 46.3 Å². The molecule has 28 heavy (non-hydrogen) atoms. The van der Waals surface area contributed by atoms with Gasteiger partial charge in [0.05, 0.1) is 5.60 Å². The van der Waals surface area contributed by atoms with Crippen LogP contribution in [0.2, 0.25) is 0 Å². The Labute approximate surface area is 175 Å². The third kappa shape index (κ3) is 3.21. The van der Waals surface area contributed by atoms with Gasteiger partial charge in [0.2, 0.25) is 0 Å². The topological polar surface area (TPSA) is 20.2 Å². The lowest BCUT2D eigenvalue weighted by atomic mass is 9.43. The van der Waals surface area contributed by atoms with Crippen molar-refractivity contribution in [3.8, 4) is 0 Å². The van der Waals surface area contributed by atoms with E-state index in [4.69, 9.17) is 0 Å². The van der Waals surface area contributed by atoms with E-state index in [0.717, 1.165) is 48.3 Å². The van der Waals surface area contributed by atoms with Gasteiger partial charge in [0, 0.05) is 0 Å². The number of rotatable bonds is 5. The van der Waals surface area contributed by atoms with Crippen molar-refractivity contribution in [1.29, 1.82) is 0 Å². The van der Waals surface area contributed by atoms with Gasteiger partial charge in [-0.2, -0.15) is 0 Å². The van der Waals surface area contributed by atoms with Crippen molar-refractivity contribution in [1.82, 2.24) is 0 Å². The molecule has 8 atom stereocenters. The maximum Gasteiger partial charge on any atom is 0.0703 e. The smallest absolute Gasteiger partial charge is 0.0703 e. The Hall–Kier alpha value is -0.0400. The summed E-state index contributed by atoms with van der Waals surface area (Å²) < 4.78 is 0. The molecule has 0 aromatic rings. The summed E-state index contributed by atoms with van der Waals surface area (Å²) in [6.07, 6.45) is 17.4. The van der Waals surface area contributed by atoms with Crippen molar-refractivity contribution in [2.24, 2.45) is 46.3 Å². The molecule has 0 radical (unpaired) electrons. The Kier molecular flexibility index (Phi) is 5.74. The van der Waals surface area contributed by atoms with Crippen LogP contribution in [0.1, 0.15) is 118 Å². The third-order valence-electron chi connectivity index (χ3n) is 10.9. The van der Waals surface area contributed by atoms with Crippen LogP contribution in [-0.4, -0.2) is 10.7 Å². The highest BCUT2D eigenvalue weighted by atomic mass is 16.3. The maximum atomic E-state index is 11.6. The predicted molar refractivity (Wildman–Crippen MR) is 119 cm³/mol. The van der Waals surface area contributed by atoms with Crippen molar-refractivity contribution in [2.45, 2.75) is 124 Å². The first-order chi connectivity index (χ1) is 13.2. The minimum atomic E-state index is -0.345. The molecule has 0 amide bonds. The zero-order valence-corrected chi connectivity index (χ0v) is 19.6. The van der Waals surface area contributed by atoms with Gasteiger partial charge in [-0.05, 0) is 97.7 Å². The minimum absolute atomic E-state index is 0.205. The lowest BCUT2D eigenvalue weighted by Crippen LogP contribution is -2.61. The van der Waals surface area contributed by atoms with E-state index >= 15 is 0 Å². The monoisotopic (exact) mass is 388 g/mol. The molecular weight excluding hydrogens is 340 g/mol. The largest absolute Gasteiger partial charge is 0.389 e. The van der Waals surface area contributed by atoms with Crippen LogP contribution < -0.4 is 0 Å². The summed E-state index contributed by atoms with van der Waals surface area (Å²) in [6.45, 7) is 12.5. The van der Waals surface area contributed by atoms with Gasteiger partial charge in [-0.15, -0.1) is 0 Å². The fourth-order valence-corrected chi connectivity index (χ4v) is 9.28. The van der Waals surface area contributed by atoms with Crippen molar-refractivity contribution < 1.29 is 5.11 Å². The molecule has 162 valence electrons. The Morgan fingerprint density at radius 1 is 0.821 bits per heavy atom. The standard InChI is InChI=1S/C27H48O/c1-19(2)9-8-10-20(3)22-11-12-23-21-13-18-27(28)16-7-6-15-26(27,5)24(21)14-17-25(22,23)4/h19-24,28H,6-18H2,1-5H3/t20-,21+,22+,23-,24-,25-,26-,27+/m1/s1. The highest BCUT2D eigenvalue weighted by Gasteiger charge is 2.63. The Balaban J connectivity index is 1.49. The lowest BCUT2D eigenvalue weighted by molar-refractivity contribution is -0.205. The number of aliphatic hydroxyl groups is 1. The molecule has 1 nitrogen and oxygen atoms in total. The summed E-state index contributed by atoms with van der Waals surface area (Å²) in [4.78, 5) is 0. The summed E-state index contributed by atoms with van der Waals surface area (Å²) in [6, 6.07) is 0. The van der Waals surface area contributed by atoms with E-state index in [0.29, 0.717) is 5.41 Å². The third-order valence-corrected chi connectivity index (χ3v) is 10.9. The first-order valence-corrected chi connectivity index (χ1v) is 12.9. The molecule has 4 rings (SSSR count). The quantitative estimate of drug-likeness (QED) is 0.513. The molecule has 0 spiro atoms. The summed E-state index contributed by atoms with van der Waals surface area (Å²) in [5, 5.41) is 11.6. The molecule has 0 aromatic carbocycles. The number of hydrogen-bond donors (Lipinski definition) is 1. The molecule has 1 heteroatoms. The molecule has 0 aromatic heterocycles. The lowest BCUT2D eigenvalue weighted by Gasteiger charge is -2.63. The molecule has 4 aliphatic rings. The summed E-state index contributed by atoms with van der Waals surface area (Å²) in [7, 11) is 0. The minimum Gasteiger partial charge on any atom is -0.389 e. The van der Waals surface area contributed by atoms with Gasteiger partial charge < -0.3 is 5.11 Å². The van der Waals surface area contributed by atoms with Gasteiger partial charge in [0.25, 0.3) is 0 Å². The molecule has 1 N–H and O–H groups in total. The van der Waals surface area contributed by atoms with E-state index in [1.54, 1.807) is 0 Å². The maximum absolute atomic E-state index is 11.6. The molecule has 0 bridgehead atoms. The molecule has 4 aliphatic carbocycles. The average molecular weight is 389 g/mol. The van der Waals surface area contributed by atoms with Crippen molar-refractivity contribution in [3.63, 3.8) is 0 Å². The van der Waals surface area contributed by atoms with Crippen LogP contribution in [0.3, 0.4) is 0 Å². The van der Waals surface area contributed by atoms with Gasteiger partial charge in [-0.1, -0.05) is 66.7 Å². The van der Waals surface area contributed by atoms with Crippen LogP contribution in [0.15, 0.2) is 0 Å². The van der Waals surface area contributed by atoms with Crippen molar-refractivity contribution >= 4 is 0 Å². The Bertz CT molecular complexity index is 554. The molecular formula is C27H48O. The molecule has 4 saturated carbocycles. The van der Waals surface area contributed by atoms with Gasteiger partial charge in [0.1, 0.15) is 0 Å². The fraction of sp³-hybridized carbons (Fsp3) is 1.00. The van der Waals surface area contributed by atoms with Gasteiger partial charge in [-0.3, -0.25) is 0 Å². The number of hydrogen-bond acceptors (Lipinski definition) is 1. The highest BCUT2D eigenvalue weighted by molar-refractivity contribution is 5.13. The second-order valence-corrected chi connectivity index (χ2v) is 12.6. The van der Waals surface area contributed by atoms with E-state index in [-0.39, 0.29) is 11.0 Å². The van der Waals surface area contributed by atoms with E-state index in [2.05, 4.69) is 34.6 Å². The normalized spacial score (nSPS) is 49.4. The second-order valence-electron chi connectivity index (χ2n) is 12.6. The van der Waals surface area contributed by atoms with Crippen LogP contribution in [0.5, 0.6) is 0 Å². The first kappa shape index (κ1) is 21.2. The zero-order chi connectivity index (χ0) is 20.2. The van der Waals surface area contributed by atoms with Crippen LogP contribution in [0.25, 0.3) is 0 Å². The molecule has 0 saturated heterocycles.